The summed E-state index contributed by atoms with van der Waals surface area (Å²) in [5.41, 5.74) is 3.68. The lowest BCUT2D eigenvalue weighted by molar-refractivity contribution is 0.00131. The number of amides is 1. The lowest BCUT2D eigenvalue weighted by Crippen LogP contribution is -2.60. The van der Waals surface area contributed by atoms with Crippen LogP contribution in [0.2, 0.25) is 0 Å². The molecule has 3 aliphatic heterocycles. The Morgan fingerprint density at radius 1 is 1.09 bits per heavy atom. The van der Waals surface area contributed by atoms with Crippen LogP contribution >= 0.6 is 0 Å². The molecular weight excluding hydrogens is 428 g/mol. The minimum absolute atomic E-state index is 0.0639. The van der Waals surface area contributed by atoms with Gasteiger partial charge in [0, 0.05) is 24.7 Å². The molecule has 4 atom stereocenters. The van der Waals surface area contributed by atoms with Gasteiger partial charge in [-0.2, -0.15) is 5.10 Å². The van der Waals surface area contributed by atoms with Crippen molar-refractivity contribution in [2.75, 3.05) is 33.9 Å². The molecule has 1 aromatic carbocycles. The van der Waals surface area contributed by atoms with E-state index in [4.69, 9.17) is 9.47 Å². The second-order valence-corrected chi connectivity index (χ2v) is 10.2. The number of benzene rings is 1. The summed E-state index contributed by atoms with van der Waals surface area (Å²) in [5, 5.41) is 7.48. The van der Waals surface area contributed by atoms with Gasteiger partial charge in [0.05, 0.1) is 26.0 Å². The quantitative estimate of drug-likeness (QED) is 0.692. The van der Waals surface area contributed by atoms with Crippen LogP contribution < -0.4 is 9.47 Å². The van der Waals surface area contributed by atoms with Crippen LogP contribution in [0, 0.1) is 11.8 Å². The van der Waals surface area contributed by atoms with Crippen LogP contribution in [0.25, 0.3) is 11.3 Å². The normalized spacial score (nSPS) is 28.5. The topological polar surface area (TPSA) is 70.7 Å². The molecule has 2 aromatic rings. The number of nitrogens with zero attached hydrogens (tertiary/aromatic N) is 3. The minimum atomic E-state index is 0.0639. The number of carbonyl (C=O) groups excluding carboxylic acids is 1. The van der Waals surface area contributed by atoms with E-state index in [-0.39, 0.29) is 11.9 Å². The molecule has 180 valence electrons. The maximum absolute atomic E-state index is 13.7. The van der Waals surface area contributed by atoms with Gasteiger partial charge in [0.2, 0.25) is 0 Å². The number of piperidine rings is 3. The van der Waals surface area contributed by atoms with Crippen molar-refractivity contribution in [1.82, 2.24) is 20.0 Å². The number of aromatic amines is 1. The first-order valence-electron chi connectivity index (χ1n) is 12.7. The third-order valence-electron chi connectivity index (χ3n) is 8.41. The maximum Gasteiger partial charge on any atom is 0.272 e. The first-order chi connectivity index (χ1) is 16.7. The third-order valence-corrected chi connectivity index (χ3v) is 8.41. The van der Waals surface area contributed by atoms with Gasteiger partial charge in [-0.3, -0.25) is 14.8 Å². The molecule has 7 heteroatoms. The second kappa shape index (κ2) is 8.77. The average Bonchev–Trinajstić information content (AvgIpc) is 3.38. The van der Waals surface area contributed by atoms with Crippen LogP contribution in [0.5, 0.6) is 11.5 Å². The largest absolute Gasteiger partial charge is 0.493 e. The van der Waals surface area contributed by atoms with Crippen LogP contribution in [-0.2, 0) is 0 Å². The highest BCUT2D eigenvalue weighted by Crippen LogP contribution is 2.45. The predicted molar refractivity (Wildman–Crippen MR) is 130 cm³/mol. The van der Waals surface area contributed by atoms with Gasteiger partial charge in [-0.05, 0) is 74.8 Å². The number of H-pyrrole nitrogens is 1. The Balaban J connectivity index is 1.26. The molecule has 1 aliphatic carbocycles. The minimum Gasteiger partial charge on any atom is -0.493 e. The van der Waals surface area contributed by atoms with Crippen molar-refractivity contribution < 1.29 is 14.3 Å². The molecule has 3 saturated heterocycles. The number of hydrogen-bond donors (Lipinski definition) is 1. The van der Waals surface area contributed by atoms with E-state index in [2.05, 4.69) is 26.1 Å². The molecule has 0 radical (unpaired) electrons. The highest BCUT2D eigenvalue weighted by atomic mass is 16.5. The van der Waals surface area contributed by atoms with Gasteiger partial charge in [-0.25, -0.2) is 0 Å². The summed E-state index contributed by atoms with van der Waals surface area (Å²) in [6.45, 7) is 3.17. The van der Waals surface area contributed by atoms with Gasteiger partial charge >= 0.3 is 0 Å². The third kappa shape index (κ3) is 3.61. The average molecular weight is 463 g/mol. The van der Waals surface area contributed by atoms with Crippen molar-refractivity contribution in [2.24, 2.45) is 11.8 Å². The van der Waals surface area contributed by atoms with Crippen LogP contribution in [-0.4, -0.2) is 71.8 Å². The van der Waals surface area contributed by atoms with E-state index in [1.807, 2.05) is 24.3 Å². The van der Waals surface area contributed by atoms with E-state index in [9.17, 15) is 4.79 Å². The second-order valence-electron chi connectivity index (χ2n) is 10.2. The highest BCUT2D eigenvalue weighted by molar-refractivity contribution is 5.94. The molecule has 1 aromatic heterocycles. The lowest BCUT2D eigenvalue weighted by atomic mass is 9.68. The molecule has 1 N–H and O–H groups in total. The SMILES string of the molecule is COc1ccc(-c2cc(C(=O)N3CCCC4=C[C@H]5C[C@H](CN6CCCC[C@@H]56)[C@H]43)[nH]n2)cc1OC. The number of likely N-dealkylation sites (tertiary alicyclic amines) is 1. The monoisotopic (exact) mass is 462 g/mol. The molecule has 3 fully saturated rings. The van der Waals surface area contributed by atoms with Crippen LogP contribution in [0.4, 0.5) is 0 Å². The number of rotatable bonds is 4. The van der Waals surface area contributed by atoms with E-state index >= 15 is 0 Å². The Bertz CT molecular complexity index is 1110. The van der Waals surface area contributed by atoms with Crippen molar-refractivity contribution >= 4 is 5.91 Å². The van der Waals surface area contributed by atoms with Crippen LogP contribution in [0.1, 0.15) is 49.0 Å². The Hall–Kier alpha value is -2.80. The van der Waals surface area contributed by atoms with Gasteiger partial charge in [0.15, 0.2) is 11.5 Å². The number of ether oxygens (including phenoxy) is 2. The molecule has 2 bridgehead atoms. The fraction of sp³-hybridized carbons (Fsp3) is 0.556. The first-order valence-corrected chi connectivity index (χ1v) is 12.7. The smallest absolute Gasteiger partial charge is 0.272 e. The number of carbonyl (C=O) groups is 1. The Morgan fingerprint density at radius 3 is 2.82 bits per heavy atom. The molecule has 6 rings (SSSR count). The molecular formula is C27H34N4O3. The summed E-state index contributed by atoms with van der Waals surface area (Å²) >= 11 is 0. The Kier molecular flexibility index (Phi) is 5.60. The number of hydrogen-bond acceptors (Lipinski definition) is 5. The van der Waals surface area contributed by atoms with E-state index in [0.717, 1.165) is 43.2 Å². The number of nitrogens with one attached hydrogen (secondary N) is 1. The zero-order valence-corrected chi connectivity index (χ0v) is 20.1. The number of methoxy groups -OCH3 is 2. The van der Waals surface area contributed by atoms with Crippen LogP contribution in [0.3, 0.4) is 0 Å². The molecule has 7 nitrogen and oxygen atoms in total. The summed E-state index contributed by atoms with van der Waals surface area (Å²) in [4.78, 5) is 18.6. The van der Waals surface area contributed by atoms with E-state index in [1.54, 1.807) is 14.2 Å². The molecule has 0 saturated carbocycles. The Morgan fingerprint density at radius 2 is 1.97 bits per heavy atom. The standard InChI is InChI=1S/C27H34N4O3/c1-33-24-9-8-17(14-25(24)34-2)21-15-22(29-28-21)27(32)31-11-5-6-18-12-19-13-20(26(18)31)16-30-10-4-3-7-23(19)30/h8-9,12,14-15,19-20,23,26H,3-7,10-11,13,16H2,1-2H3,(H,28,29)/t19-,20+,23-,26-/m0/s1. The number of fused-ring (bicyclic) bond motifs is 6. The first kappa shape index (κ1) is 21.7. The van der Waals surface area contributed by atoms with Gasteiger partial charge in [-0.1, -0.05) is 18.1 Å². The fourth-order valence-electron chi connectivity index (χ4n) is 6.93. The van der Waals surface area contributed by atoms with Crippen molar-refractivity contribution in [3.8, 4) is 22.8 Å². The van der Waals surface area contributed by atoms with Crippen molar-refractivity contribution in [2.45, 2.75) is 50.6 Å². The van der Waals surface area contributed by atoms with Crippen molar-refractivity contribution in [1.29, 1.82) is 0 Å². The number of aromatic nitrogens is 2. The summed E-state index contributed by atoms with van der Waals surface area (Å²) < 4.78 is 10.8. The summed E-state index contributed by atoms with van der Waals surface area (Å²) in [6, 6.07) is 8.51. The van der Waals surface area contributed by atoms with Crippen molar-refractivity contribution in [3.63, 3.8) is 0 Å². The maximum atomic E-state index is 13.7. The fourth-order valence-corrected chi connectivity index (χ4v) is 6.93. The van der Waals surface area contributed by atoms with Crippen LogP contribution in [0.15, 0.2) is 35.9 Å². The van der Waals surface area contributed by atoms with Gasteiger partial charge < -0.3 is 14.4 Å². The zero-order valence-electron chi connectivity index (χ0n) is 20.1. The molecule has 0 unspecified atom stereocenters. The van der Waals surface area contributed by atoms with Gasteiger partial charge in [-0.15, -0.1) is 0 Å². The molecule has 1 amide bonds. The molecule has 4 heterocycles. The van der Waals surface area contributed by atoms with E-state index in [0.29, 0.717) is 29.0 Å². The van der Waals surface area contributed by atoms with Gasteiger partial charge in [0.1, 0.15) is 5.69 Å². The highest BCUT2D eigenvalue weighted by Gasteiger charge is 2.47. The van der Waals surface area contributed by atoms with E-state index < -0.39 is 0 Å². The summed E-state index contributed by atoms with van der Waals surface area (Å²) in [6.07, 6.45) is 9.96. The molecule has 4 aliphatic rings. The van der Waals surface area contributed by atoms with Gasteiger partial charge in [0.25, 0.3) is 5.91 Å². The van der Waals surface area contributed by atoms with Crippen molar-refractivity contribution in [3.05, 3.63) is 41.6 Å². The summed E-state index contributed by atoms with van der Waals surface area (Å²) in [5.74, 6) is 2.59. The molecule has 0 spiro atoms. The zero-order chi connectivity index (χ0) is 23.2. The lowest BCUT2D eigenvalue weighted by Gasteiger charge is -2.54. The summed E-state index contributed by atoms with van der Waals surface area (Å²) in [7, 11) is 3.24. The Labute approximate surface area is 201 Å². The van der Waals surface area contributed by atoms with E-state index in [1.165, 1.54) is 37.8 Å². The predicted octanol–water partition coefficient (Wildman–Crippen LogP) is 4.13. The molecule has 34 heavy (non-hydrogen) atoms.